The minimum Gasteiger partial charge on any atom is -0.347 e. The number of nitrogens with one attached hydrogen (secondary N) is 1. The van der Waals surface area contributed by atoms with Gasteiger partial charge in [-0.1, -0.05) is 17.7 Å². The second kappa shape index (κ2) is 8.18. The number of benzene rings is 1. The molecule has 0 aromatic heterocycles. The summed E-state index contributed by atoms with van der Waals surface area (Å²) in [6.07, 6.45) is 0.901. The fourth-order valence-electron chi connectivity index (χ4n) is 3.05. The number of aryl methyl sites for hydroxylation is 2. The number of hydrogen-bond acceptors (Lipinski definition) is 4. The molecule has 1 aliphatic heterocycles. The average molecular weight is 381 g/mol. The third-order valence-electron chi connectivity index (χ3n) is 4.69. The van der Waals surface area contributed by atoms with Crippen LogP contribution in [0.3, 0.4) is 0 Å². The first-order valence-corrected chi connectivity index (χ1v) is 10.1. The second-order valence-electron chi connectivity index (χ2n) is 6.95. The molecule has 0 aliphatic carbocycles. The van der Waals surface area contributed by atoms with Gasteiger partial charge in [0.2, 0.25) is 21.8 Å². The van der Waals surface area contributed by atoms with Crippen LogP contribution in [0.4, 0.5) is 0 Å². The molecule has 0 atom stereocenters. The number of sulfonamides is 1. The molecule has 0 saturated carbocycles. The number of rotatable bonds is 5. The third kappa shape index (κ3) is 4.62. The van der Waals surface area contributed by atoms with Crippen LogP contribution in [0.15, 0.2) is 23.1 Å². The first-order chi connectivity index (χ1) is 12.1. The van der Waals surface area contributed by atoms with Gasteiger partial charge in [-0.05, 0) is 38.3 Å². The normalized spacial score (nSPS) is 16.3. The minimum atomic E-state index is -3.55. The molecule has 1 aliphatic rings. The Balaban J connectivity index is 1.97. The lowest BCUT2D eigenvalue weighted by Crippen LogP contribution is -2.45. The van der Waals surface area contributed by atoms with Gasteiger partial charge >= 0.3 is 0 Å². The van der Waals surface area contributed by atoms with Crippen LogP contribution in [0.25, 0.3) is 0 Å². The summed E-state index contributed by atoms with van der Waals surface area (Å²) in [6.45, 7) is 4.29. The molecule has 1 fully saturated rings. The van der Waals surface area contributed by atoms with Gasteiger partial charge in [-0.3, -0.25) is 9.59 Å². The maximum Gasteiger partial charge on any atom is 0.243 e. The van der Waals surface area contributed by atoms with Crippen molar-refractivity contribution < 1.29 is 18.0 Å². The van der Waals surface area contributed by atoms with E-state index < -0.39 is 10.0 Å². The van der Waals surface area contributed by atoms with Crippen LogP contribution in [0.2, 0.25) is 0 Å². The summed E-state index contributed by atoms with van der Waals surface area (Å²) in [6, 6.07) is 5.29. The largest absolute Gasteiger partial charge is 0.347 e. The highest BCUT2D eigenvalue weighted by Crippen LogP contribution is 2.26. The molecule has 1 N–H and O–H groups in total. The molecule has 0 unspecified atom stereocenters. The zero-order valence-electron chi connectivity index (χ0n) is 15.8. The van der Waals surface area contributed by atoms with Gasteiger partial charge in [0.1, 0.15) is 0 Å². The number of amides is 2. The van der Waals surface area contributed by atoms with Crippen LogP contribution in [-0.4, -0.2) is 63.2 Å². The van der Waals surface area contributed by atoms with Gasteiger partial charge in [-0.15, -0.1) is 0 Å². The molecule has 2 amide bonds. The van der Waals surface area contributed by atoms with E-state index in [1.54, 1.807) is 33.2 Å². The van der Waals surface area contributed by atoms with Gasteiger partial charge in [0.25, 0.3) is 0 Å². The van der Waals surface area contributed by atoms with Crippen LogP contribution in [0.1, 0.15) is 24.0 Å². The Hall–Kier alpha value is -1.93. The summed E-state index contributed by atoms with van der Waals surface area (Å²) in [7, 11) is -0.295. The highest BCUT2D eigenvalue weighted by Gasteiger charge is 2.32. The fraction of sp³-hybridized carbons (Fsp3) is 0.556. The Labute approximate surface area is 155 Å². The van der Waals surface area contributed by atoms with Crippen LogP contribution in [-0.2, 0) is 19.6 Å². The third-order valence-corrected chi connectivity index (χ3v) is 6.74. The van der Waals surface area contributed by atoms with E-state index >= 15 is 0 Å². The van der Waals surface area contributed by atoms with E-state index in [9.17, 15) is 18.0 Å². The first-order valence-electron chi connectivity index (χ1n) is 8.68. The molecule has 144 valence electrons. The number of likely N-dealkylation sites (N-methyl/N-ethyl adjacent to an activating group) is 1. The van der Waals surface area contributed by atoms with Crippen molar-refractivity contribution in [1.82, 2.24) is 14.5 Å². The van der Waals surface area contributed by atoms with Crippen molar-refractivity contribution in [2.75, 3.05) is 33.7 Å². The van der Waals surface area contributed by atoms with Crippen molar-refractivity contribution in [2.45, 2.75) is 31.6 Å². The fourth-order valence-corrected chi connectivity index (χ4v) is 4.73. The molecule has 8 heteroatoms. The summed E-state index contributed by atoms with van der Waals surface area (Å²) < 4.78 is 27.2. The number of piperidine rings is 1. The number of carbonyl (C=O) groups is 2. The van der Waals surface area contributed by atoms with E-state index in [1.165, 1.54) is 9.21 Å². The van der Waals surface area contributed by atoms with Crippen LogP contribution in [0, 0.1) is 19.8 Å². The summed E-state index contributed by atoms with van der Waals surface area (Å²) in [5, 5.41) is 2.64. The molecule has 1 aromatic carbocycles. The Morgan fingerprint density at radius 2 is 1.81 bits per heavy atom. The van der Waals surface area contributed by atoms with Crippen molar-refractivity contribution in [2.24, 2.45) is 5.92 Å². The lowest BCUT2D eigenvalue weighted by Gasteiger charge is -2.31. The SMILES string of the molecule is Cc1ccc(S(=O)(=O)N2CCC(C(=O)NCC(=O)N(C)C)CC2)c(C)c1. The smallest absolute Gasteiger partial charge is 0.243 e. The Kier molecular flexibility index (Phi) is 6.41. The molecule has 26 heavy (non-hydrogen) atoms. The lowest BCUT2D eigenvalue weighted by atomic mass is 9.97. The Bertz CT molecular complexity index is 782. The van der Waals surface area contributed by atoms with Gasteiger partial charge < -0.3 is 10.2 Å². The zero-order chi connectivity index (χ0) is 19.5. The topological polar surface area (TPSA) is 86.8 Å². The maximum absolute atomic E-state index is 12.9. The van der Waals surface area contributed by atoms with E-state index in [0.717, 1.165) is 11.1 Å². The predicted octanol–water partition coefficient (Wildman–Crippen LogP) is 0.909. The van der Waals surface area contributed by atoms with E-state index in [-0.39, 0.29) is 24.3 Å². The van der Waals surface area contributed by atoms with Gasteiger partial charge in [-0.2, -0.15) is 4.31 Å². The summed E-state index contributed by atoms with van der Waals surface area (Å²) in [5.74, 6) is -0.632. The molecule has 2 rings (SSSR count). The number of carbonyl (C=O) groups excluding carboxylic acids is 2. The summed E-state index contributed by atoms with van der Waals surface area (Å²) in [5.41, 5.74) is 1.75. The molecule has 1 saturated heterocycles. The molecule has 0 spiro atoms. The summed E-state index contributed by atoms with van der Waals surface area (Å²) in [4.78, 5) is 25.5. The Morgan fingerprint density at radius 1 is 1.19 bits per heavy atom. The molecule has 0 radical (unpaired) electrons. The summed E-state index contributed by atoms with van der Waals surface area (Å²) >= 11 is 0. The monoisotopic (exact) mass is 381 g/mol. The van der Waals surface area contributed by atoms with Gasteiger partial charge in [0.05, 0.1) is 11.4 Å². The van der Waals surface area contributed by atoms with Crippen molar-refractivity contribution in [3.05, 3.63) is 29.3 Å². The first kappa shape index (κ1) is 20.4. The zero-order valence-corrected chi connectivity index (χ0v) is 16.6. The number of nitrogens with zero attached hydrogens (tertiary/aromatic N) is 2. The second-order valence-corrected chi connectivity index (χ2v) is 8.86. The van der Waals surface area contributed by atoms with E-state index in [4.69, 9.17) is 0 Å². The predicted molar refractivity (Wildman–Crippen MR) is 99.1 cm³/mol. The average Bonchev–Trinajstić information content (AvgIpc) is 2.59. The van der Waals surface area contributed by atoms with E-state index in [1.807, 2.05) is 13.0 Å². The van der Waals surface area contributed by atoms with Gasteiger partial charge in [0, 0.05) is 33.1 Å². The molecule has 1 aromatic rings. The maximum atomic E-state index is 12.9. The highest BCUT2D eigenvalue weighted by molar-refractivity contribution is 7.89. The standard InChI is InChI=1S/C18H27N3O4S/c1-13-5-6-16(14(2)11-13)26(24,25)21-9-7-15(8-10-21)18(23)19-12-17(22)20(3)4/h5-6,11,15H,7-10,12H2,1-4H3,(H,19,23). The van der Waals surface area contributed by atoms with Crippen molar-refractivity contribution >= 4 is 21.8 Å². The highest BCUT2D eigenvalue weighted by atomic mass is 32.2. The van der Waals surface area contributed by atoms with Crippen LogP contribution >= 0.6 is 0 Å². The van der Waals surface area contributed by atoms with Crippen LogP contribution < -0.4 is 5.32 Å². The number of hydrogen-bond donors (Lipinski definition) is 1. The minimum absolute atomic E-state index is 0.0348. The molecule has 0 bridgehead atoms. The quantitative estimate of drug-likeness (QED) is 0.821. The molecular weight excluding hydrogens is 354 g/mol. The van der Waals surface area contributed by atoms with Crippen molar-refractivity contribution in [3.8, 4) is 0 Å². The van der Waals surface area contributed by atoms with E-state index in [2.05, 4.69) is 5.32 Å². The van der Waals surface area contributed by atoms with Gasteiger partial charge in [-0.25, -0.2) is 8.42 Å². The van der Waals surface area contributed by atoms with Crippen molar-refractivity contribution in [1.29, 1.82) is 0 Å². The molecule has 1 heterocycles. The van der Waals surface area contributed by atoms with Crippen LogP contribution in [0.5, 0.6) is 0 Å². The lowest BCUT2D eigenvalue weighted by molar-refractivity contribution is -0.132. The van der Waals surface area contributed by atoms with E-state index in [0.29, 0.717) is 30.8 Å². The molecular formula is C18H27N3O4S. The van der Waals surface area contributed by atoms with Gasteiger partial charge in [0.15, 0.2) is 0 Å². The Morgan fingerprint density at radius 3 is 2.35 bits per heavy atom. The molecule has 7 nitrogen and oxygen atoms in total. The van der Waals surface area contributed by atoms with Crippen molar-refractivity contribution in [3.63, 3.8) is 0 Å².